The number of carbonyl (C=O) groups is 2. The first-order chi connectivity index (χ1) is 13.2. The van der Waals surface area contributed by atoms with Crippen LogP contribution in [0.3, 0.4) is 0 Å². The second-order valence-corrected chi connectivity index (χ2v) is 6.99. The second kappa shape index (κ2) is 9.33. The van der Waals surface area contributed by atoms with Gasteiger partial charge in [0.2, 0.25) is 0 Å². The van der Waals surface area contributed by atoms with Gasteiger partial charge in [0, 0.05) is 38.2 Å². The standard InChI is InChI=1S/C22H26N2O3/c25-14-2-1-9-23-10-12-24(13-11-23)22(27)20-7-3-5-18(16-20)15-19-6-4-8-21(26)17-19/h3-8,14,16-17,26H,1-2,9-13,15H2. The summed E-state index contributed by atoms with van der Waals surface area (Å²) in [5.74, 6) is 0.325. The molecule has 5 heteroatoms. The molecule has 0 atom stereocenters. The molecule has 0 unspecified atom stereocenters. The lowest BCUT2D eigenvalue weighted by atomic mass is 10.0. The van der Waals surface area contributed by atoms with Crippen LogP contribution in [-0.2, 0) is 11.2 Å². The molecule has 0 radical (unpaired) electrons. The van der Waals surface area contributed by atoms with E-state index < -0.39 is 0 Å². The minimum Gasteiger partial charge on any atom is -0.508 e. The first kappa shape index (κ1) is 19.1. The molecule has 1 N–H and O–H groups in total. The van der Waals surface area contributed by atoms with E-state index in [9.17, 15) is 14.7 Å². The Bertz CT molecular complexity index is 783. The molecular weight excluding hydrogens is 340 g/mol. The van der Waals surface area contributed by atoms with Gasteiger partial charge in [-0.2, -0.15) is 0 Å². The predicted octanol–water partition coefficient (Wildman–Crippen LogP) is 2.72. The SMILES string of the molecule is O=CCCCN1CCN(C(=O)c2cccc(Cc3cccc(O)c3)c2)CC1. The number of carbonyl (C=O) groups excluding carboxylic acids is 2. The average molecular weight is 366 g/mol. The van der Waals surface area contributed by atoms with Gasteiger partial charge >= 0.3 is 0 Å². The number of hydrogen-bond acceptors (Lipinski definition) is 4. The van der Waals surface area contributed by atoms with Gasteiger partial charge in [-0.3, -0.25) is 9.69 Å². The number of benzene rings is 2. The van der Waals surface area contributed by atoms with Gasteiger partial charge < -0.3 is 14.8 Å². The molecule has 142 valence electrons. The highest BCUT2D eigenvalue weighted by atomic mass is 16.3. The zero-order valence-electron chi connectivity index (χ0n) is 15.5. The third kappa shape index (κ3) is 5.41. The zero-order valence-corrected chi connectivity index (χ0v) is 15.5. The van der Waals surface area contributed by atoms with Crippen molar-refractivity contribution in [2.45, 2.75) is 19.3 Å². The summed E-state index contributed by atoms with van der Waals surface area (Å²) in [5.41, 5.74) is 2.78. The van der Waals surface area contributed by atoms with Gasteiger partial charge in [0.05, 0.1) is 0 Å². The maximum absolute atomic E-state index is 12.8. The monoisotopic (exact) mass is 366 g/mol. The molecule has 1 heterocycles. The van der Waals surface area contributed by atoms with Gasteiger partial charge in [0.15, 0.2) is 0 Å². The molecule has 1 aliphatic rings. The highest BCUT2D eigenvalue weighted by molar-refractivity contribution is 5.94. The Morgan fingerprint density at radius 1 is 1.00 bits per heavy atom. The lowest BCUT2D eigenvalue weighted by molar-refractivity contribution is -0.108. The van der Waals surface area contributed by atoms with Crippen LogP contribution in [0.2, 0.25) is 0 Å². The van der Waals surface area contributed by atoms with Gasteiger partial charge in [-0.15, -0.1) is 0 Å². The Balaban J connectivity index is 1.58. The van der Waals surface area contributed by atoms with Crippen molar-refractivity contribution in [1.82, 2.24) is 9.80 Å². The van der Waals surface area contributed by atoms with Crippen molar-refractivity contribution in [3.63, 3.8) is 0 Å². The van der Waals surface area contributed by atoms with Crippen molar-refractivity contribution < 1.29 is 14.7 Å². The third-order valence-electron chi connectivity index (χ3n) is 4.95. The number of phenols is 1. The number of hydrogen-bond donors (Lipinski definition) is 1. The van der Waals surface area contributed by atoms with Gasteiger partial charge in [0.1, 0.15) is 12.0 Å². The topological polar surface area (TPSA) is 60.9 Å². The van der Waals surface area contributed by atoms with Crippen LogP contribution >= 0.6 is 0 Å². The molecule has 1 aliphatic heterocycles. The van der Waals surface area contributed by atoms with Crippen LogP contribution in [0.5, 0.6) is 5.75 Å². The first-order valence-corrected chi connectivity index (χ1v) is 9.48. The van der Waals surface area contributed by atoms with E-state index in [1.54, 1.807) is 12.1 Å². The number of unbranched alkanes of at least 4 members (excludes halogenated alkanes) is 1. The fourth-order valence-electron chi connectivity index (χ4n) is 3.47. The molecule has 1 fully saturated rings. The molecule has 0 bridgehead atoms. The smallest absolute Gasteiger partial charge is 0.253 e. The van der Waals surface area contributed by atoms with E-state index in [1.165, 1.54) is 0 Å². The van der Waals surface area contributed by atoms with Crippen LogP contribution in [0, 0.1) is 0 Å². The molecule has 27 heavy (non-hydrogen) atoms. The molecule has 0 saturated carbocycles. The van der Waals surface area contributed by atoms with E-state index in [4.69, 9.17) is 0 Å². The number of rotatable bonds is 7. The molecule has 5 nitrogen and oxygen atoms in total. The number of aldehydes is 1. The molecule has 0 aromatic heterocycles. The maximum Gasteiger partial charge on any atom is 0.253 e. The molecule has 2 aromatic rings. The number of amides is 1. The quantitative estimate of drug-likeness (QED) is 0.605. The third-order valence-corrected chi connectivity index (χ3v) is 4.95. The lowest BCUT2D eigenvalue weighted by Gasteiger charge is -2.34. The van der Waals surface area contributed by atoms with Crippen LogP contribution in [0.1, 0.15) is 34.3 Å². The highest BCUT2D eigenvalue weighted by Crippen LogP contribution is 2.17. The summed E-state index contributed by atoms with van der Waals surface area (Å²) in [5, 5.41) is 9.61. The zero-order chi connectivity index (χ0) is 19.1. The maximum atomic E-state index is 12.8. The summed E-state index contributed by atoms with van der Waals surface area (Å²) >= 11 is 0. The van der Waals surface area contributed by atoms with Crippen LogP contribution in [-0.4, -0.2) is 59.8 Å². The van der Waals surface area contributed by atoms with E-state index in [0.29, 0.717) is 18.4 Å². The Labute approximate surface area is 160 Å². The van der Waals surface area contributed by atoms with Gasteiger partial charge in [-0.05, 0) is 54.8 Å². The molecule has 1 saturated heterocycles. The minimum absolute atomic E-state index is 0.0697. The van der Waals surface area contributed by atoms with Crippen LogP contribution in [0.15, 0.2) is 48.5 Å². The van der Waals surface area contributed by atoms with E-state index in [1.807, 2.05) is 41.3 Å². The van der Waals surface area contributed by atoms with Crippen LogP contribution < -0.4 is 0 Å². The largest absolute Gasteiger partial charge is 0.508 e. The summed E-state index contributed by atoms with van der Waals surface area (Å²) in [6.45, 7) is 4.06. The van der Waals surface area contributed by atoms with Gasteiger partial charge in [0.25, 0.3) is 5.91 Å². The van der Waals surface area contributed by atoms with Crippen LogP contribution in [0.4, 0.5) is 0 Å². The first-order valence-electron chi connectivity index (χ1n) is 9.48. The minimum atomic E-state index is 0.0697. The van der Waals surface area contributed by atoms with Crippen molar-refractivity contribution in [3.05, 3.63) is 65.2 Å². The molecule has 3 rings (SSSR count). The lowest BCUT2D eigenvalue weighted by Crippen LogP contribution is -2.48. The molecule has 0 aliphatic carbocycles. The molecule has 2 aromatic carbocycles. The van der Waals surface area contributed by atoms with Crippen molar-refractivity contribution in [1.29, 1.82) is 0 Å². The summed E-state index contributed by atoms with van der Waals surface area (Å²) in [7, 11) is 0. The van der Waals surface area contributed by atoms with Gasteiger partial charge in [-0.25, -0.2) is 0 Å². The average Bonchev–Trinajstić information content (AvgIpc) is 2.68. The number of phenolic OH excluding ortho intramolecular Hbond substituents is 1. The summed E-state index contributed by atoms with van der Waals surface area (Å²) in [6, 6.07) is 14.9. The van der Waals surface area contributed by atoms with Crippen LogP contribution in [0.25, 0.3) is 0 Å². The van der Waals surface area contributed by atoms with E-state index in [-0.39, 0.29) is 11.7 Å². The van der Waals surface area contributed by atoms with Crippen molar-refractivity contribution in [3.8, 4) is 5.75 Å². The Kier molecular flexibility index (Phi) is 6.60. The Morgan fingerprint density at radius 2 is 1.70 bits per heavy atom. The normalized spacial score (nSPS) is 14.9. The molecule has 1 amide bonds. The fourth-order valence-corrected chi connectivity index (χ4v) is 3.47. The van der Waals surface area contributed by atoms with Crippen molar-refractivity contribution in [2.75, 3.05) is 32.7 Å². The molecular formula is C22H26N2O3. The number of nitrogens with zero attached hydrogens (tertiary/aromatic N) is 2. The van der Waals surface area contributed by atoms with Gasteiger partial charge in [-0.1, -0.05) is 24.3 Å². The summed E-state index contributed by atoms with van der Waals surface area (Å²) in [4.78, 5) is 27.5. The van der Waals surface area contributed by atoms with Crippen molar-refractivity contribution >= 4 is 12.2 Å². The number of aromatic hydroxyl groups is 1. The second-order valence-electron chi connectivity index (χ2n) is 6.99. The number of piperazine rings is 1. The van der Waals surface area contributed by atoms with E-state index in [0.717, 1.165) is 56.6 Å². The summed E-state index contributed by atoms with van der Waals surface area (Å²) < 4.78 is 0. The fraction of sp³-hybridized carbons (Fsp3) is 0.364. The Hall–Kier alpha value is -2.66. The molecule has 0 spiro atoms. The van der Waals surface area contributed by atoms with E-state index >= 15 is 0 Å². The van der Waals surface area contributed by atoms with E-state index in [2.05, 4.69) is 4.90 Å². The van der Waals surface area contributed by atoms with Crippen molar-refractivity contribution in [2.24, 2.45) is 0 Å². The highest BCUT2D eigenvalue weighted by Gasteiger charge is 2.21. The predicted molar refractivity (Wildman–Crippen MR) is 105 cm³/mol. The Morgan fingerprint density at radius 3 is 2.41 bits per heavy atom. The summed E-state index contributed by atoms with van der Waals surface area (Å²) in [6.07, 6.45) is 3.13.